The highest BCUT2D eigenvalue weighted by molar-refractivity contribution is 5.97. The van der Waals surface area contributed by atoms with Gasteiger partial charge in [0.2, 0.25) is 0 Å². The standard InChI is InChI=1S/C19H18N2O4/c1-3-11-25-17-10-9-14(12-18(17)24-4-2)13-20-21-19(23)15-7-5-6-8-16(15)22/h1,5-10,12-13,22H,4,11H2,2H3,(H,21,23)/b20-13-. The Kier molecular flexibility index (Phi) is 6.43. The van der Waals surface area contributed by atoms with Gasteiger partial charge in [0.05, 0.1) is 18.4 Å². The minimum absolute atomic E-state index is 0.108. The minimum atomic E-state index is -0.506. The van der Waals surface area contributed by atoms with Gasteiger partial charge in [-0.25, -0.2) is 5.43 Å². The number of amides is 1. The number of ether oxygens (including phenoxy) is 2. The summed E-state index contributed by atoms with van der Waals surface area (Å²) in [6.45, 7) is 2.47. The van der Waals surface area contributed by atoms with E-state index >= 15 is 0 Å². The molecule has 0 aliphatic carbocycles. The topological polar surface area (TPSA) is 80.2 Å². The van der Waals surface area contributed by atoms with Gasteiger partial charge in [0.15, 0.2) is 11.5 Å². The SMILES string of the molecule is C#CCOc1ccc(/C=N\NC(=O)c2ccccc2O)cc1OCC. The Morgan fingerprint density at radius 1 is 1.28 bits per heavy atom. The molecule has 2 rings (SSSR count). The average Bonchev–Trinajstić information content (AvgIpc) is 2.61. The van der Waals surface area contributed by atoms with Crippen molar-refractivity contribution in [2.24, 2.45) is 5.10 Å². The van der Waals surface area contributed by atoms with Gasteiger partial charge in [-0.3, -0.25) is 4.79 Å². The maximum absolute atomic E-state index is 11.9. The Labute approximate surface area is 146 Å². The molecule has 0 spiro atoms. The first-order valence-corrected chi connectivity index (χ1v) is 7.60. The van der Waals surface area contributed by atoms with E-state index < -0.39 is 5.91 Å². The van der Waals surface area contributed by atoms with E-state index in [1.807, 2.05) is 6.92 Å². The summed E-state index contributed by atoms with van der Waals surface area (Å²) in [4.78, 5) is 11.9. The van der Waals surface area contributed by atoms with Gasteiger partial charge in [-0.1, -0.05) is 18.1 Å². The molecule has 6 heteroatoms. The van der Waals surface area contributed by atoms with Crippen molar-refractivity contribution in [3.8, 4) is 29.6 Å². The summed E-state index contributed by atoms with van der Waals surface area (Å²) in [5.74, 6) is 2.85. The summed E-state index contributed by atoms with van der Waals surface area (Å²) in [7, 11) is 0. The lowest BCUT2D eigenvalue weighted by atomic mass is 10.2. The average molecular weight is 338 g/mol. The van der Waals surface area contributed by atoms with Gasteiger partial charge >= 0.3 is 0 Å². The number of nitrogens with one attached hydrogen (secondary N) is 1. The number of hydrazone groups is 1. The molecular weight excluding hydrogens is 320 g/mol. The predicted molar refractivity (Wildman–Crippen MR) is 95.1 cm³/mol. The number of terminal acetylenes is 1. The van der Waals surface area contributed by atoms with Crippen LogP contribution in [0.3, 0.4) is 0 Å². The Morgan fingerprint density at radius 2 is 2.08 bits per heavy atom. The molecule has 0 bridgehead atoms. The molecule has 0 aliphatic heterocycles. The highest BCUT2D eigenvalue weighted by Crippen LogP contribution is 2.28. The monoisotopic (exact) mass is 338 g/mol. The van der Waals surface area contributed by atoms with Gasteiger partial charge in [0.1, 0.15) is 12.4 Å². The Morgan fingerprint density at radius 3 is 2.80 bits per heavy atom. The number of para-hydroxylation sites is 1. The molecule has 0 saturated carbocycles. The molecule has 0 unspecified atom stereocenters. The fourth-order valence-electron chi connectivity index (χ4n) is 2.00. The van der Waals surface area contributed by atoms with Crippen LogP contribution < -0.4 is 14.9 Å². The molecule has 1 amide bonds. The third-order valence-corrected chi connectivity index (χ3v) is 3.11. The molecule has 128 valence electrons. The number of carbonyl (C=O) groups is 1. The zero-order valence-corrected chi connectivity index (χ0v) is 13.7. The number of hydrogen-bond acceptors (Lipinski definition) is 5. The summed E-state index contributed by atoms with van der Waals surface area (Å²) >= 11 is 0. The van der Waals surface area contributed by atoms with Gasteiger partial charge in [0, 0.05) is 0 Å². The van der Waals surface area contributed by atoms with Crippen molar-refractivity contribution in [3.63, 3.8) is 0 Å². The molecule has 0 heterocycles. The molecule has 0 fully saturated rings. The van der Waals surface area contributed by atoms with Crippen molar-refractivity contribution in [1.29, 1.82) is 0 Å². The van der Waals surface area contributed by atoms with Crippen LogP contribution in [0.25, 0.3) is 0 Å². The van der Waals surface area contributed by atoms with Crippen molar-refractivity contribution in [1.82, 2.24) is 5.43 Å². The quantitative estimate of drug-likeness (QED) is 0.462. The second-order valence-corrected chi connectivity index (χ2v) is 4.85. The first-order valence-electron chi connectivity index (χ1n) is 7.60. The predicted octanol–water partition coefficient (Wildman–Crippen LogP) is 2.57. The smallest absolute Gasteiger partial charge is 0.275 e. The Balaban J connectivity index is 2.07. The van der Waals surface area contributed by atoms with E-state index in [9.17, 15) is 9.90 Å². The lowest BCUT2D eigenvalue weighted by Gasteiger charge is -2.10. The van der Waals surface area contributed by atoms with Crippen molar-refractivity contribution >= 4 is 12.1 Å². The van der Waals surface area contributed by atoms with E-state index in [4.69, 9.17) is 15.9 Å². The van der Waals surface area contributed by atoms with Crippen LogP contribution in [-0.2, 0) is 0 Å². The number of phenolic OH excluding ortho intramolecular Hbond substituents is 1. The third-order valence-electron chi connectivity index (χ3n) is 3.11. The highest BCUT2D eigenvalue weighted by Gasteiger charge is 2.09. The summed E-state index contributed by atoms with van der Waals surface area (Å²) in [6.07, 6.45) is 6.65. The van der Waals surface area contributed by atoms with E-state index in [1.165, 1.54) is 18.3 Å². The van der Waals surface area contributed by atoms with Gasteiger partial charge in [-0.15, -0.1) is 6.42 Å². The van der Waals surface area contributed by atoms with Crippen molar-refractivity contribution < 1.29 is 19.4 Å². The maximum Gasteiger partial charge on any atom is 0.275 e. The van der Waals surface area contributed by atoms with Gasteiger partial charge in [-0.2, -0.15) is 5.10 Å². The van der Waals surface area contributed by atoms with Gasteiger partial charge in [0.25, 0.3) is 5.91 Å². The van der Waals surface area contributed by atoms with Crippen LogP contribution >= 0.6 is 0 Å². The zero-order chi connectivity index (χ0) is 18.1. The first-order chi connectivity index (χ1) is 12.2. The number of aromatic hydroxyl groups is 1. The Hall–Kier alpha value is -3.46. The van der Waals surface area contributed by atoms with E-state index in [0.29, 0.717) is 23.7 Å². The molecule has 0 aromatic heterocycles. The zero-order valence-electron chi connectivity index (χ0n) is 13.7. The van der Waals surface area contributed by atoms with Crippen LogP contribution in [0.1, 0.15) is 22.8 Å². The number of benzene rings is 2. The fraction of sp³-hybridized carbons (Fsp3) is 0.158. The maximum atomic E-state index is 11.9. The second-order valence-electron chi connectivity index (χ2n) is 4.85. The minimum Gasteiger partial charge on any atom is -0.507 e. The molecule has 25 heavy (non-hydrogen) atoms. The summed E-state index contributed by atoms with van der Waals surface area (Å²) in [6, 6.07) is 11.4. The third kappa shape index (κ3) is 5.01. The van der Waals surface area contributed by atoms with Crippen LogP contribution in [0, 0.1) is 12.3 Å². The summed E-state index contributed by atoms with van der Waals surface area (Å²) in [5, 5.41) is 13.5. The molecule has 2 aromatic carbocycles. The fourth-order valence-corrected chi connectivity index (χ4v) is 2.00. The number of phenols is 1. The summed E-state index contributed by atoms with van der Waals surface area (Å²) < 4.78 is 10.9. The number of hydrogen-bond donors (Lipinski definition) is 2. The van der Waals surface area contributed by atoms with E-state index in [2.05, 4.69) is 16.4 Å². The first kappa shape index (κ1) is 17.9. The molecule has 0 atom stereocenters. The molecule has 0 saturated heterocycles. The normalized spacial score (nSPS) is 10.2. The summed E-state index contributed by atoms with van der Waals surface area (Å²) in [5.41, 5.74) is 3.21. The van der Waals surface area contributed by atoms with E-state index in [0.717, 1.165) is 0 Å². The van der Waals surface area contributed by atoms with Crippen LogP contribution in [0.5, 0.6) is 17.2 Å². The van der Waals surface area contributed by atoms with Crippen LogP contribution in [0.15, 0.2) is 47.6 Å². The Bertz CT molecular complexity index is 809. The lowest BCUT2D eigenvalue weighted by molar-refractivity contribution is 0.0952. The van der Waals surface area contributed by atoms with Crippen molar-refractivity contribution in [2.75, 3.05) is 13.2 Å². The lowest BCUT2D eigenvalue weighted by Crippen LogP contribution is -2.17. The van der Waals surface area contributed by atoms with Crippen molar-refractivity contribution in [3.05, 3.63) is 53.6 Å². The van der Waals surface area contributed by atoms with Crippen LogP contribution in [-0.4, -0.2) is 30.4 Å². The highest BCUT2D eigenvalue weighted by atomic mass is 16.5. The van der Waals surface area contributed by atoms with Crippen LogP contribution in [0.2, 0.25) is 0 Å². The molecule has 0 radical (unpaired) electrons. The largest absolute Gasteiger partial charge is 0.507 e. The molecular formula is C19H18N2O4. The number of nitrogens with zero attached hydrogens (tertiary/aromatic N) is 1. The van der Waals surface area contributed by atoms with E-state index in [-0.39, 0.29) is 17.9 Å². The molecule has 2 aromatic rings. The molecule has 0 aliphatic rings. The van der Waals surface area contributed by atoms with Gasteiger partial charge < -0.3 is 14.6 Å². The molecule has 2 N–H and O–H groups in total. The number of carbonyl (C=O) groups excluding carboxylic acids is 1. The van der Waals surface area contributed by atoms with Crippen LogP contribution in [0.4, 0.5) is 0 Å². The number of rotatable bonds is 7. The van der Waals surface area contributed by atoms with Crippen molar-refractivity contribution in [2.45, 2.75) is 6.92 Å². The second kappa shape index (κ2) is 8.99. The van der Waals surface area contributed by atoms with E-state index in [1.54, 1.807) is 30.3 Å². The molecule has 6 nitrogen and oxygen atoms in total. The van der Waals surface area contributed by atoms with Gasteiger partial charge in [-0.05, 0) is 42.8 Å².